The first-order valence-electron chi connectivity index (χ1n) is 10.2. The van der Waals surface area contributed by atoms with Gasteiger partial charge in [0.2, 0.25) is 18.4 Å². The molecule has 0 radical (unpaired) electrons. The molecule has 1 aromatic heterocycles. The molecule has 2 aliphatic heterocycles. The molecule has 2 aromatic carbocycles. The molecular formula is C23H23N3O6. The van der Waals surface area contributed by atoms with Gasteiger partial charge in [-0.2, -0.15) is 5.10 Å². The van der Waals surface area contributed by atoms with Gasteiger partial charge in [-0.1, -0.05) is 12.1 Å². The zero-order valence-electron chi connectivity index (χ0n) is 18.0. The second kappa shape index (κ2) is 7.99. The minimum absolute atomic E-state index is 0.0909. The van der Waals surface area contributed by atoms with E-state index in [4.69, 9.17) is 23.7 Å². The van der Waals surface area contributed by atoms with Gasteiger partial charge in [-0.25, -0.2) is 4.68 Å². The lowest BCUT2D eigenvalue weighted by atomic mass is 9.86. The Morgan fingerprint density at radius 1 is 1.03 bits per heavy atom. The van der Waals surface area contributed by atoms with E-state index in [1.165, 1.54) is 0 Å². The number of rotatable bonds is 6. The fraction of sp³-hybridized carbons (Fsp3) is 0.304. The fourth-order valence-electron chi connectivity index (χ4n) is 4.28. The summed E-state index contributed by atoms with van der Waals surface area (Å²) < 4.78 is 29.2. The highest BCUT2D eigenvalue weighted by Gasteiger charge is 2.33. The molecule has 1 amide bonds. The summed E-state index contributed by atoms with van der Waals surface area (Å²) >= 11 is 0. The van der Waals surface area contributed by atoms with Gasteiger partial charge in [0, 0.05) is 23.5 Å². The number of carbonyl (C=O) groups is 1. The van der Waals surface area contributed by atoms with E-state index in [9.17, 15) is 4.79 Å². The second-order valence-corrected chi connectivity index (χ2v) is 7.52. The molecule has 2 aliphatic rings. The molecule has 0 saturated heterocycles. The Morgan fingerprint density at radius 3 is 2.62 bits per heavy atom. The second-order valence-electron chi connectivity index (χ2n) is 7.52. The van der Waals surface area contributed by atoms with Crippen LogP contribution in [0.3, 0.4) is 0 Å². The van der Waals surface area contributed by atoms with Crippen molar-refractivity contribution >= 4 is 11.7 Å². The van der Waals surface area contributed by atoms with Crippen LogP contribution in [-0.2, 0) is 11.3 Å². The minimum atomic E-state index is -0.237. The Labute approximate surface area is 184 Å². The van der Waals surface area contributed by atoms with Crippen molar-refractivity contribution in [3.05, 3.63) is 53.2 Å². The van der Waals surface area contributed by atoms with Crippen molar-refractivity contribution < 1.29 is 28.5 Å². The van der Waals surface area contributed by atoms with Gasteiger partial charge in [0.15, 0.2) is 23.0 Å². The number of carbonyl (C=O) groups excluding carboxylic acids is 1. The smallest absolute Gasteiger partial charge is 0.231 e. The number of nitrogens with zero attached hydrogens (tertiary/aromatic N) is 2. The molecule has 1 N–H and O–H groups in total. The Kier molecular flexibility index (Phi) is 5.01. The molecule has 32 heavy (non-hydrogen) atoms. The van der Waals surface area contributed by atoms with Crippen molar-refractivity contribution in [3.63, 3.8) is 0 Å². The molecule has 1 atom stereocenters. The van der Waals surface area contributed by atoms with Crippen molar-refractivity contribution in [1.82, 2.24) is 9.78 Å². The van der Waals surface area contributed by atoms with Crippen LogP contribution in [0.4, 0.5) is 5.82 Å². The SMILES string of the molecule is COc1ccc([C@@H]2CC(=O)Nc3c2cnn3Cc2ccc3c(c2)OCO3)c(OC)c1OC. The average Bonchev–Trinajstić information content (AvgIpc) is 3.44. The average molecular weight is 437 g/mol. The van der Waals surface area contributed by atoms with E-state index in [2.05, 4.69) is 10.4 Å². The van der Waals surface area contributed by atoms with Crippen LogP contribution in [0.5, 0.6) is 28.7 Å². The van der Waals surface area contributed by atoms with Crippen molar-refractivity contribution in [1.29, 1.82) is 0 Å². The maximum atomic E-state index is 12.7. The van der Waals surface area contributed by atoms with Crippen molar-refractivity contribution in [2.75, 3.05) is 33.4 Å². The summed E-state index contributed by atoms with van der Waals surface area (Å²) in [4.78, 5) is 12.7. The van der Waals surface area contributed by atoms with Gasteiger partial charge in [0.05, 0.1) is 34.1 Å². The number of hydrogen-bond donors (Lipinski definition) is 1. The molecule has 0 aliphatic carbocycles. The first-order chi connectivity index (χ1) is 15.6. The lowest BCUT2D eigenvalue weighted by Crippen LogP contribution is -2.25. The minimum Gasteiger partial charge on any atom is -0.493 e. The Bertz CT molecular complexity index is 1190. The van der Waals surface area contributed by atoms with Crippen LogP contribution in [0.15, 0.2) is 36.5 Å². The molecule has 0 saturated carbocycles. The van der Waals surface area contributed by atoms with Gasteiger partial charge in [-0.05, 0) is 23.8 Å². The number of benzene rings is 2. The summed E-state index contributed by atoms with van der Waals surface area (Å²) in [6, 6.07) is 9.49. The van der Waals surface area contributed by atoms with E-state index in [1.807, 2.05) is 30.3 Å². The Morgan fingerprint density at radius 2 is 1.84 bits per heavy atom. The first-order valence-corrected chi connectivity index (χ1v) is 10.2. The molecule has 0 fully saturated rings. The van der Waals surface area contributed by atoms with Gasteiger partial charge < -0.3 is 29.0 Å². The zero-order chi connectivity index (χ0) is 22.2. The van der Waals surface area contributed by atoms with E-state index in [0.717, 1.165) is 22.4 Å². The lowest BCUT2D eigenvalue weighted by molar-refractivity contribution is -0.116. The number of anilines is 1. The number of amides is 1. The third-order valence-electron chi connectivity index (χ3n) is 5.77. The fourth-order valence-corrected chi connectivity index (χ4v) is 4.28. The normalized spacial score (nSPS) is 16.3. The van der Waals surface area contributed by atoms with Crippen LogP contribution >= 0.6 is 0 Å². The van der Waals surface area contributed by atoms with E-state index < -0.39 is 0 Å². The maximum Gasteiger partial charge on any atom is 0.231 e. The van der Waals surface area contributed by atoms with Crippen molar-refractivity contribution in [2.24, 2.45) is 0 Å². The van der Waals surface area contributed by atoms with Gasteiger partial charge in [0.25, 0.3) is 0 Å². The van der Waals surface area contributed by atoms with E-state index in [0.29, 0.717) is 35.4 Å². The van der Waals surface area contributed by atoms with Crippen molar-refractivity contribution in [2.45, 2.75) is 18.9 Å². The number of methoxy groups -OCH3 is 3. The third kappa shape index (κ3) is 3.26. The highest BCUT2D eigenvalue weighted by Crippen LogP contribution is 2.47. The summed E-state index contributed by atoms with van der Waals surface area (Å²) in [6.07, 6.45) is 2.07. The first kappa shape index (κ1) is 20.0. The van der Waals surface area contributed by atoms with E-state index >= 15 is 0 Å². The van der Waals surface area contributed by atoms with Crippen LogP contribution in [-0.4, -0.2) is 43.8 Å². The van der Waals surface area contributed by atoms with Crippen LogP contribution in [0.2, 0.25) is 0 Å². The monoisotopic (exact) mass is 437 g/mol. The van der Waals surface area contributed by atoms with Crippen LogP contribution in [0.1, 0.15) is 29.0 Å². The van der Waals surface area contributed by atoms with E-state index in [1.54, 1.807) is 32.2 Å². The molecular weight excluding hydrogens is 414 g/mol. The molecule has 0 spiro atoms. The molecule has 9 heteroatoms. The quantitative estimate of drug-likeness (QED) is 0.633. The summed E-state index contributed by atoms with van der Waals surface area (Å²) in [5, 5.41) is 7.54. The van der Waals surface area contributed by atoms with Crippen molar-refractivity contribution in [3.8, 4) is 28.7 Å². The number of ether oxygens (including phenoxy) is 5. The van der Waals surface area contributed by atoms with Gasteiger partial charge >= 0.3 is 0 Å². The molecule has 0 bridgehead atoms. The third-order valence-corrected chi connectivity index (χ3v) is 5.77. The van der Waals surface area contributed by atoms with E-state index in [-0.39, 0.29) is 25.0 Å². The van der Waals surface area contributed by atoms with Gasteiger partial charge in [-0.3, -0.25) is 4.79 Å². The standard InChI is InChI=1S/C23H23N3O6/c1-28-18-7-5-14(21(29-2)22(18)30-3)15-9-20(27)25-23-16(15)10-24-26(23)11-13-4-6-17-19(8-13)32-12-31-17/h4-8,10,15H,9,11-12H2,1-3H3,(H,25,27)/t15-/m0/s1. The van der Waals surface area contributed by atoms with Crippen LogP contribution < -0.4 is 29.0 Å². The summed E-state index contributed by atoms with van der Waals surface area (Å²) in [6.45, 7) is 0.697. The largest absolute Gasteiger partial charge is 0.493 e. The lowest BCUT2D eigenvalue weighted by Gasteiger charge is -2.26. The molecule has 3 aromatic rings. The van der Waals surface area contributed by atoms with Gasteiger partial charge in [-0.15, -0.1) is 0 Å². The number of hydrogen-bond acceptors (Lipinski definition) is 7. The molecule has 5 rings (SSSR count). The summed E-state index contributed by atoms with van der Waals surface area (Å²) in [5.41, 5.74) is 2.74. The molecule has 3 heterocycles. The predicted octanol–water partition coefficient (Wildman–Crippen LogP) is 3.16. The Balaban J connectivity index is 1.53. The summed E-state index contributed by atoms with van der Waals surface area (Å²) in [7, 11) is 4.71. The highest BCUT2D eigenvalue weighted by molar-refractivity contribution is 5.94. The number of fused-ring (bicyclic) bond motifs is 2. The number of nitrogens with one attached hydrogen (secondary N) is 1. The molecule has 9 nitrogen and oxygen atoms in total. The highest BCUT2D eigenvalue weighted by atomic mass is 16.7. The maximum absolute atomic E-state index is 12.7. The molecule has 0 unspecified atom stereocenters. The van der Waals surface area contributed by atoms with Crippen LogP contribution in [0, 0.1) is 0 Å². The summed E-state index contributed by atoms with van der Waals surface area (Å²) in [5.74, 6) is 3.37. The van der Waals surface area contributed by atoms with Gasteiger partial charge in [0.1, 0.15) is 5.82 Å². The predicted molar refractivity (Wildman–Crippen MR) is 115 cm³/mol. The number of aromatic nitrogens is 2. The zero-order valence-corrected chi connectivity index (χ0v) is 18.0. The topological polar surface area (TPSA) is 93.1 Å². The Hall–Kier alpha value is -3.88. The molecule has 166 valence electrons. The van der Waals surface area contributed by atoms with Crippen LogP contribution in [0.25, 0.3) is 0 Å².